The maximum absolute atomic E-state index is 12.6. The smallest absolute Gasteiger partial charge is 0.244 e. The lowest BCUT2D eigenvalue weighted by atomic mass is 10.0. The Balaban J connectivity index is 2.17. The highest BCUT2D eigenvalue weighted by Crippen LogP contribution is 2.20. The van der Waals surface area contributed by atoms with Gasteiger partial charge in [0.1, 0.15) is 4.90 Å². The average molecular weight is 335 g/mol. The van der Waals surface area contributed by atoms with Crippen LogP contribution in [0.25, 0.3) is 0 Å². The van der Waals surface area contributed by atoms with Gasteiger partial charge in [-0.2, -0.15) is 5.10 Å². The SMILES string of the molecule is CCCc1ccc(C(C)NS(=O)(=O)c2cnn(CC)c2C)cc1. The summed E-state index contributed by atoms with van der Waals surface area (Å²) in [4.78, 5) is 0.244. The van der Waals surface area contributed by atoms with E-state index in [-0.39, 0.29) is 10.9 Å². The highest BCUT2D eigenvalue weighted by Gasteiger charge is 2.23. The van der Waals surface area contributed by atoms with E-state index in [1.54, 1.807) is 11.6 Å². The molecule has 5 nitrogen and oxygen atoms in total. The van der Waals surface area contributed by atoms with Crippen molar-refractivity contribution < 1.29 is 8.42 Å². The van der Waals surface area contributed by atoms with Crippen LogP contribution in [-0.4, -0.2) is 18.2 Å². The minimum Gasteiger partial charge on any atom is -0.269 e. The third kappa shape index (κ3) is 4.00. The molecule has 23 heavy (non-hydrogen) atoms. The van der Waals surface area contributed by atoms with E-state index in [1.165, 1.54) is 11.8 Å². The van der Waals surface area contributed by atoms with Crippen LogP contribution in [0.4, 0.5) is 0 Å². The average Bonchev–Trinajstić information content (AvgIpc) is 2.89. The van der Waals surface area contributed by atoms with Crippen molar-refractivity contribution in [1.82, 2.24) is 14.5 Å². The molecule has 0 saturated heterocycles. The largest absolute Gasteiger partial charge is 0.269 e. The Morgan fingerprint density at radius 1 is 1.22 bits per heavy atom. The van der Waals surface area contributed by atoms with Gasteiger partial charge in [0, 0.05) is 12.6 Å². The van der Waals surface area contributed by atoms with Gasteiger partial charge in [-0.1, -0.05) is 37.6 Å². The van der Waals surface area contributed by atoms with Crippen molar-refractivity contribution in [3.05, 3.63) is 47.3 Å². The standard InChI is InChI=1S/C17H25N3O2S/c1-5-7-15-8-10-16(11-9-15)13(3)19-23(21,22)17-12-18-20(6-2)14(17)4/h8-13,19H,5-7H2,1-4H3. The van der Waals surface area contributed by atoms with Crippen molar-refractivity contribution >= 4 is 10.0 Å². The summed E-state index contributed by atoms with van der Waals surface area (Å²) < 4.78 is 29.6. The number of sulfonamides is 1. The van der Waals surface area contributed by atoms with Crippen LogP contribution >= 0.6 is 0 Å². The van der Waals surface area contributed by atoms with Gasteiger partial charge < -0.3 is 0 Å². The maximum Gasteiger partial charge on any atom is 0.244 e. The molecular formula is C17H25N3O2S. The predicted octanol–water partition coefficient (Wildman–Crippen LogP) is 3.20. The first kappa shape index (κ1) is 17.7. The molecule has 1 atom stereocenters. The van der Waals surface area contributed by atoms with Gasteiger partial charge in [-0.25, -0.2) is 13.1 Å². The van der Waals surface area contributed by atoms with Crippen molar-refractivity contribution in [2.75, 3.05) is 0 Å². The Morgan fingerprint density at radius 2 is 1.87 bits per heavy atom. The molecule has 0 bridgehead atoms. The van der Waals surface area contributed by atoms with Crippen LogP contribution in [0.3, 0.4) is 0 Å². The molecule has 0 radical (unpaired) electrons. The molecule has 0 aliphatic carbocycles. The summed E-state index contributed by atoms with van der Waals surface area (Å²) in [6, 6.07) is 7.80. The van der Waals surface area contributed by atoms with Crippen LogP contribution in [-0.2, 0) is 23.0 Å². The molecule has 6 heteroatoms. The molecule has 0 fully saturated rings. The van der Waals surface area contributed by atoms with Gasteiger partial charge in [-0.15, -0.1) is 0 Å². The molecular weight excluding hydrogens is 310 g/mol. The normalized spacial score (nSPS) is 13.2. The van der Waals surface area contributed by atoms with Crippen LogP contribution in [0.2, 0.25) is 0 Å². The maximum atomic E-state index is 12.6. The quantitative estimate of drug-likeness (QED) is 0.845. The van der Waals surface area contributed by atoms with Gasteiger partial charge >= 0.3 is 0 Å². The van der Waals surface area contributed by atoms with Crippen LogP contribution in [0.5, 0.6) is 0 Å². The van der Waals surface area contributed by atoms with Crippen molar-refractivity contribution in [3.63, 3.8) is 0 Å². The first-order valence-electron chi connectivity index (χ1n) is 8.02. The molecule has 1 aromatic carbocycles. The summed E-state index contributed by atoms with van der Waals surface area (Å²) in [6.07, 6.45) is 3.55. The second kappa shape index (κ2) is 7.27. The summed E-state index contributed by atoms with van der Waals surface area (Å²) in [6.45, 7) is 8.35. The Labute approximate surface area is 138 Å². The van der Waals surface area contributed by atoms with E-state index in [1.807, 2.05) is 26.0 Å². The fourth-order valence-electron chi connectivity index (χ4n) is 2.64. The van der Waals surface area contributed by atoms with E-state index in [0.717, 1.165) is 18.4 Å². The lowest BCUT2D eigenvalue weighted by Crippen LogP contribution is -2.27. The lowest BCUT2D eigenvalue weighted by molar-refractivity contribution is 0.565. The third-order valence-corrected chi connectivity index (χ3v) is 5.64. The highest BCUT2D eigenvalue weighted by molar-refractivity contribution is 7.89. The van der Waals surface area contributed by atoms with E-state index in [4.69, 9.17) is 0 Å². The molecule has 1 unspecified atom stereocenters. The summed E-state index contributed by atoms with van der Waals surface area (Å²) in [5.41, 5.74) is 2.88. The fourth-order valence-corrected chi connectivity index (χ4v) is 4.05. The molecule has 2 aromatic rings. The molecule has 0 spiro atoms. The summed E-state index contributed by atoms with van der Waals surface area (Å²) in [5.74, 6) is 0. The lowest BCUT2D eigenvalue weighted by Gasteiger charge is -2.15. The van der Waals surface area contributed by atoms with Gasteiger partial charge in [-0.05, 0) is 38.3 Å². The van der Waals surface area contributed by atoms with E-state index in [9.17, 15) is 8.42 Å². The summed E-state index contributed by atoms with van der Waals surface area (Å²) in [5, 5.41) is 4.11. The monoisotopic (exact) mass is 335 g/mol. The van der Waals surface area contributed by atoms with Gasteiger partial charge in [0.05, 0.1) is 11.9 Å². The molecule has 1 heterocycles. The number of nitrogens with one attached hydrogen (secondary N) is 1. The molecule has 126 valence electrons. The third-order valence-electron chi connectivity index (χ3n) is 4.00. The zero-order valence-corrected chi connectivity index (χ0v) is 15.0. The van der Waals surface area contributed by atoms with Crippen molar-refractivity contribution in [2.45, 2.75) is 58.0 Å². The van der Waals surface area contributed by atoms with Gasteiger partial charge in [-0.3, -0.25) is 4.68 Å². The zero-order valence-electron chi connectivity index (χ0n) is 14.2. The number of benzene rings is 1. The van der Waals surface area contributed by atoms with Crippen molar-refractivity contribution in [1.29, 1.82) is 0 Å². The number of hydrogen-bond donors (Lipinski definition) is 1. The minimum atomic E-state index is -3.58. The van der Waals surface area contributed by atoms with Gasteiger partial charge in [0.25, 0.3) is 0 Å². The molecule has 0 amide bonds. The van der Waals surface area contributed by atoms with Gasteiger partial charge in [0.15, 0.2) is 0 Å². The fraction of sp³-hybridized carbons (Fsp3) is 0.471. The number of aromatic nitrogens is 2. The zero-order chi connectivity index (χ0) is 17.0. The summed E-state index contributed by atoms with van der Waals surface area (Å²) in [7, 11) is -3.58. The van der Waals surface area contributed by atoms with Gasteiger partial charge in [0.2, 0.25) is 10.0 Å². The second-order valence-corrected chi connectivity index (χ2v) is 7.43. The molecule has 0 aliphatic heterocycles. The van der Waals surface area contributed by atoms with Crippen LogP contribution in [0, 0.1) is 6.92 Å². The number of aryl methyl sites for hydroxylation is 2. The van der Waals surface area contributed by atoms with Crippen LogP contribution in [0.15, 0.2) is 35.4 Å². The first-order valence-corrected chi connectivity index (χ1v) is 9.51. The molecule has 1 aromatic heterocycles. The molecule has 2 rings (SSSR count). The highest BCUT2D eigenvalue weighted by atomic mass is 32.2. The number of rotatable bonds is 7. The van der Waals surface area contributed by atoms with Crippen LogP contribution in [0.1, 0.15) is 50.1 Å². The molecule has 0 aliphatic rings. The molecule has 1 N–H and O–H groups in total. The molecule has 0 saturated carbocycles. The Morgan fingerprint density at radius 3 is 2.39 bits per heavy atom. The minimum absolute atomic E-state index is 0.244. The van der Waals surface area contributed by atoms with E-state index in [0.29, 0.717) is 12.2 Å². The van der Waals surface area contributed by atoms with E-state index < -0.39 is 10.0 Å². The van der Waals surface area contributed by atoms with Crippen molar-refractivity contribution in [3.8, 4) is 0 Å². The second-order valence-electron chi connectivity index (χ2n) is 5.74. The Hall–Kier alpha value is -1.66. The predicted molar refractivity (Wildman–Crippen MR) is 91.8 cm³/mol. The Bertz CT molecular complexity index is 749. The summed E-state index contributed by atoms with van der Waals surface area (Å²) >= 11 is 0. The Kier molecular flexibility index (Phi) is 5.59. The number of hydrogen-bond acceptors (Lipinski definition) is 3. The van der Waals surface area contributed by atoms with Crippen LogP contribution < -0.4 is 4.72 Å². The van der Waals surface area contributed by atoms with E-state index >= 15 is 0 Å². The number of nitrogens with zero attached hydrogens (tertiary/aromatic N) is 2. The van der Waals surface area contributed by atoms with E-state index in [2.05, 4.69) is 28.9 Å². The van der Waals surface area contributed by atoms with Crippen molar-refractivity contribution in [2.24, 2.45) is 0 Å². The first-order chi connectivity index (χ1) is 10.9. The topological polar surface area (TPSA) is 64.0 Å².